The van der Waals surface area contributed by atoms with Gasteiger partial charge in [0.2, 0.25) is 0 Å². The second-order valence-corrected chi connectivity index (χ2v) is 5.22. The summed E-state index contributed by atoms with van der Waals surface area (Å²) in [5.74, 6) is -0.0255. The van der Waals surface area contributed by atoms with Crippen LogP contribution in [0.2, 0.25) is 0 Å². The number of amides is 1. The van der Waals surface area contributed by atoms with Crippen molar-refractivity contribution < 1.29 is 9.53 Å². The van der Waals surface area contributed by atoms with Crippen molar-refractivity contribution >= 4 is 5.91 Å². The fourth-order valence-electron chi connectivity index (χ4n) is 1.94. The predicted octanol–water partition coefficient (Wildman–Crippen LogP) is 0.954. The lowest BCUT2D eigenvalue weighted by atomic mass is 9.88. The fourth-order valence-corrected chi connectivity index (χ4v) is 1.94. The van der Waals surface area contributed by atoms with Crippen LogP contribution in [0, 0.1) is 5.41 Å². The van der Waals surface area contributed by atoms with Crippen molar-refractivity contribution in [1.82, 2.24) is 5.32 Å². The zero-order valence-electron chi connectivity index (χ0n) is 10.7. The summed E-state index contributed by atoms with van der Waals surface area (Å²) in [4.78, 5) is 11.9. The van der Waals surface area contributed by atoms with Crippen LogP contribution >= 0.6 is 0 Å². The Bertz CT molecular complexity index is 410. The van der Waals surface area contributed by atoms with Gasteiger partial charge >= 0.3 is 0 Å². The summed E-state index contributed by atoms with van der Waals surface area (Å²) in [7, 11) is 0. The van der Waals surface area contributed by atoms with Crippen LogP contribution in [0.25, 0.3) is 0 Å². The van der Waals surface area contributed by atoms with E-state index in [1.807, 2.05) is 24.3 Å². The molecule has 0 spiro atoms. The van der Waals surface area contributed by atoms with Crippen molar-refractivity contribution in [2.24, 2.45) is 11.1 Å². The molecular weight excluding hydrogens is 228 g/mol. The summed E-state index contributed by atoms with van der Waals surface area (Å²) in [6, 6.07) is 7.60. The lowest BCUT2D eigenvalue weighted by molar-refractivity contribution is -0.0978. The topological polar surface area (TPSA) is 64.4 Å². The molecule has 1 saturated heterocycles. The Balaban J connectivity index is 1.88. The molecule has 0 saturated carbocycles. The Hall–Kier alpha value is -1.39. The molecule has 98 valence electrons. The molecule has 0 unspecified atom stereocenters. The highest BCUT2D eigenvalue weighted by Crippen LogP contribution is 2.25. The van der Waals surface area contributed by atoms with E-state index in [0.29, 0.717) is 18.7 Å². The minimum absolute atomic E-state index is 0.0255. The molecule has 0 aliphatic carbocycles. The van der Waals surface area contributed by atoms with Gasteiger partial charge in [-0.05, 0) is 30.7 Å². The zero-order valence-corrected chi connectivity index (χ0v) is 10.7. The first-order valence-corrected chi connectivity index (χ1v) is 6.28. The molecule has 1 aromatic carbocycles. The smallest absolute Gasteiger partial charge is 0.251 e. The highest BCUT2D eigenvalue weighted by molar-refractivity contribution is 5.94. The van der Waals surface area contributed by atoms with Gasteiger partial charge in [0.1, 0.15) is 0 Å². The standard InChI is InChI=1S/C14H20N2O2/c1-14(9-18-10-14)8-16-13(17)12-4-2-11(3-5-12)6-7-15/h2-5H,6-10,15H2,1H3,(H,16,17). The maximum absolute atomic E-state index is 11.9. The normalized spacial score (nSPS) is 17.0. The Morgan fingerprint density at radius 1 is 1.39 bits per heavy atom. The van der Waals surface area contributed by atoms with Gasteiger partial charge < -0.3 is 15.8 Å². The van der Waals surface area contributed by atoms with E-state index in [1.165, 1.54) is 0 Å². The van der Waals surface area contributed by atoms with Crippen LogP contribution in [0.3, 0.4) is 0 Å². The first-order chi connectivity index (χ1) is 8.63. The number of nitrogens with two attached hydrogens (primary N) is 1. The third-order valence-electron chi connectivity index (χ3n) is 3.23. The Morgan fingerprint density at radius 2 is 2.06 bits per heavy atom. The molecule has 4 nitrogen and oxygen atoms in total. The Morgan fingerprint density at radius 3 is 2.56 bits per heavy atom. The molecule has 1 fully saturated rings. The molecule has 18 heavy (non-hydrogen) atoms. The summed E-state index contributed by atoms with van der Waals surface area (Å²) in [5, 5.41) is 2.95. The highest BCUT2D eigenvalue weighted by Gasteiger charge is 2.33. The van der Waals surface area contributed by atoms with Crippen LogP contribution in [0.1, 0.15) is 22.8 Å². The van der Waals surface area contributed by atoms with E-state index in [9.17, 15) is 4.79 Å². The van der Waals surface area contributed by atoms with E-state index in [0.717, 1.165) is 25.2 Å². The molecule has 0 radical (unpaired) electrons. The first kappa shape index (κ1) is 13.1. The largest absolute Gasteiger partial charge is 0.380 e. The second-order valence-electron chi connectivity index (χ2n) is 5.22. The SMILES string of the molecule is CC1(CNC(=O)c2ccc(CCN)cc2)COC1. The summed E-state index contributed by atoms with van der Waals surface area (Å²) >= 11 is 0. The number of hydrogen-bond donors (Lipinski definition) is 2. The van der Waals surface area contributed by atoms with E-state index in [1.54, 1.807) is 0 Å². The first-order valence-electron chi connectivity index (χ1n) is 6.28. The molecule has 1 aliphatic rings. The van der Waals surface area contributed by atoms with Crippen molar-refractivity contribution in [2.45, 2.75) is 13.3 Å². The Kier molecular flexibility index (Phi) is 3.99. The molecule has 0 atom stereocenters. The van der Waals surface area contributed by atoms with Crippen molar-refractivity contribution in [2.75, 3.05) is 26.3 Å². The van der Waals surface area contributed by atoms with Gasteiger partial charge in [-0.2, -0.15) is 0 Å². The van der Waals surface area contributed by atoms with Gasteiger partial charge in [-0.1, -0.05) is 19.1 Å². The average Bonchev–Trinajstić information content (AvgIpc) is 2.35. The quantitative estimate of drug-likeness (QED) is 0.815. The minimum Gasteiger partial charge on any atom is -0.380 e. The summed E-state index contributed by atoms with van der Waals surface area (Å²) in [6.07, 6.45) is 0.845. The van der Waals surface area contributed by atoms with E-state index < -0.39 is 0 Å². The van der Waals surface area contributed by atoms with E-state index >= 15 is 0 Å². The lowest BCUT2D eigenvalue weighted by Gasteiger charge is -2.38. The third-order valence-corrected chi connectivity index (χ3v) is 3.23. The number of ether oxygens (including phenoxy) is 1. The average molecular weight is 248 g/mol. The number of hydrogen-bond acceptors (Lipinski definition) is 3. The van der Waals surface area contributed by atoms with E-state index in [4.69, 9.17) is 10.5 Å². The number of carbonyl (C=O) groups excluding carboxylic acids is 1. The molecule has 0 aromatic heterocycles. The van der Waals surface area contributed by atoms with Crippen LogP contribution in [0.5, 0.6) is 0 Å². The number of nitrogens with one attached hydrogen (secondary N) is 1. The number of rotatable bonds is 5. The highest BCUT2D eigenvalue weighted by atomic mass is 16.5. The molecule has 1 heterocycles. The molecule has 0 bridgehead atoms. The van der Waals surface area contributed by atoms with Gasteiger partial charge in [0.25, 0.3) is 5.91 Å². The molecule has 4 heteroatoms. The Labute approximate surface area is 108 Å². The molecule has 3 N–H and O–H groups in total. The molecule has 1 aromatic rings. The third kappa shape index (κ3) is 3.09. The molecule has 1 amide bonds. The zero-order chi connectivity index (χ0) is 13.0. The van der Waals surface area contributed by atoms with Crippen LogP contribution in [0.4, 0.5) is 0 Å². The van der Waals surface area contributed by atoms with Crippen molar-refractivity contribution in [3.05, 3.63) is 35.4 Å². The van der Waals surface area contributed by atoms with Crippen molar-refractivity contribution in [3.8, 4) is 0 Å². The monoisotopic (exact) mass is 248 g/mol. The molecule has 2 rings (SSSR count). The summed E-state index contributed by atoms with van der Waals surface area (Å²) < 4.78 is 5.16. The number of benzene rings is 1. The molecular formula is C14H20N2O2. The summed E-state index contributed by atoms with van der Waals surface area (Å²) in [5.41, 5.74) is 7.45. The van der Waals surface area contributed by atoms with Gasteiger partial charge in [0.15, 0.2) is 0 Å². The molecule has 1 aliphatic heterocycles. The van der Waals surface area contributed by atoms with Gasteiger partial charge in [-0.3, -0.25) is 4.79 Å². The second kappa shape index (κ2) is 5.50. The minimum atomic E-state index is -0.0255. The van der Waals surface area contributed by atoms with Gasteiger partial charge in [0, 0.05) is 17.5 Å². The van der Waals surface area contributed by atoms with Crippen molar-refractivity contribution in [1.29, 1.82) is 0 Å². The van der Waals surface area contributed by atoms with Crippen LogP contribution < -0.4 is 11.1 Å². The van der Waals surface area contributed by atoms with Crippen molar-refractivity contribution in [3.63, 3.8) is 0 Å². The van der Waals surface area contributed by atoms with Gasteiger partial charge in [0.05, 0.1) is 13.2 Å². The maximum atomic E-state index is 11.9. The van der Waals surface area contributed by atoms with Crippen LogP contribution in [-0.2, 0) is 11.2 Å². The van der Waals surface area contributed by atoms with E-state index in [2.05, 4.69) is 12.2 Å². The van der Waals surface area contributed by atoms with Gasteiger partial charge in [-0.15, -0.1) is 0 Å². The maximum Gasteiger partial charge on any atom is 0.251 e. The predicted molar refractivity (Wildman–Crippen MR) is 70.5 cm³/mol. The van der Waals surface area contributed by atoms with E-state index in [-0.39, 0.29) is 11.3 Å². The van der Waals surface area contributed by atoms with Crippen LogP contribution in [-0.4, -0.2) is 32.2 Å². The van der Waals surface area contributed by atoms with Crippen LogP contribution in [0.15, 0.2) is 24.3 Å². The van der Waals surface area contributed by atoms with Gasteiger partial charge in [-0.25, -0.2) is 0 Å². The summed E-state index contributed by atoms with van der Waals surface area (Å²) in [6.45, 7) is 4.85. The fraction of sp³-hybridized carbons (Fsp3) is 0.500. The number of carbonyl (C=O) groups is 1. The lowest BCUT2D eigenvalue weighted by Crippen LogP contribution is -2.48.